The van der Waals surface area contributed by atoms with Crippen LogP contribution in [-0.2, 0) is 4.79 Å². The van der Waals surface area contributed by atoms with Crippen LogP contribution in [0.15, 0.2) is 94.9 Å². The molecule has 0 radical (unpaired) electrons. The molecule has 4 rings (SSSR count). The monoisotopic (exact) mass is 546 g/mol. The van der Waals surface area contributed by atoms with Gasteiger partial charge in [-0.1, -0.05) is 71.2 Å². The molecule has 1 amide bonds. The van der Waals surface area contributed by atoms with E-state index in [4.69, 9.17) is 49.5 Å². The standard InChI is InChI=1S/C25H21Cl3N4O2S/c1-17(33)32-23(25(26,27)28)31(20-11-7-4-8-12-20)24(35-32)30-22(29-19-9-5-3-6-10-19)18-13-15-21(34-2)16-14-18/h3-16,23H,1-2H3. The number of hydrogen-bond donors (Lipinski definition) is 0. The lowest BCUT2D eigenvalue weighted by Gasteiger charge is -2.33. The lowest BCUT2D eigenvalue weighted by molar-refractivity contribution is -0.124. The molecule has 10 heteroatoms. The number of para-hydroxylation sites is 2. The summed E-state index contributed by atoms with van der Waals surface area (Å²) in [6.07, 6.45) is -0.926. The van der Waals surface area contributed by atoms with Crippen molar-refractivity contribution in [1.29, 1.82) is 0 Å². The number of amides is 1. The molecule has 0 aromatic heterocycles. The number of alkyl halides is 3. The van der Waals surface area contributed by atoms with Gasteiger partial charge in [-0.05, 0) is 48.5 Å². The molecule has 3 aromatic rings. The van der Waals surface area contributed by atoms with Crippen LogP contribution in [0.5, 0.6) is 5.75 Å². The van der Waals surface area contributed by atoms with Gasteiger partial charge in [-0.15, -0.1) is 0 Å². The average Bonchev–Trinajstić information content (AvgIpc) is 3.25. The van der Waals surface area contributed by atoms with E-state index in [1.54, 1.807) is 12.0 Å². The van der Waals surface area contributed by atoms with Crippen LogP contribution in [0.1, 0.15) is 12.5 Å². The van der Waals surface area contributed by atoms with Crippen LogP contribution >= 0.6 is 46.8 Å². The minimum atomic E-state index is -1.82. The zero-order valence-electron chi connectivity index (χ0n) is 18.8. The fourth-order valence-corrected chi connectivity index (χ4v) is 5.27. The molecule has 3 aromatic carbocycles. The van der Waals surface area contributed by atoms with Crippen molar-refractivity contribution in [3.63, 3.8) is 0 Å². The molecule has 0 aliphatic carbocycles. The third kappa shape index (κ3) is 5.93. The van der Waals surface area contributed by atoms with Gasteiger partial charge in [0.15, 0.2) is 17.2 Å². The van der Waals surface area contributed by atoms with E-state index < -0.39 is 9.96 Å². The molecule has 35 heavy (non-hydrogen) atoms. The SMILES string of the molecule is COc1ccc(C(=Nc2ccccc2)N=C2SN(C(C)=O)C(C(Cl)(Cl)Cl)N2c2ccccc2)cc1. The van der Waals surface area contributed by atoms with Gasteiger partial charge in [-0.2, -0.15) is 0 Å². The Labute approximate surface area is 223 Å². The van der Waals surface area contributed by atoms with Gasteiger partial charge in [0.05, 0.1) is 12.8 Å². The van der Waals surface area contributed by atoms with Gasteiger partial charge in [0.25, 0.3) is 0 Å². The Kier molecular flexibility index (Phi) is 7.91. The highest BCUT2D eigenvalue weighted by Gasteiger charge is 2.51. The van der Waals surface area contributed by atoms with E-state index in [2.05, 4.69) is 0 Å². The van der Waals surface area contributed by atoms with Crippen molar-refractivity contribution in [2.75, 3.05) is 12.0 Å². The van der Waals surface area contributed by atoms with E-state index in [0.29, 0.717) is 22.4 Å². The zero-order chi connectivity index (χ0) is 25.0. The number of benzene rings is 3. The number of aliphatic imine (C=N–C) groups is 2. The van der Waals surface area contributed by atoms with Crippen LogP contribution in [0.3, 0.4) is 0 Å². The van der Waals surface area contributed by atoms with Crippen molar-refractivity contribution in [3.8, 4) is 5.75 Å². The summed E-state index contributed by atoms with van der Waals surface area (Å²) < 4.78 is 4.88. The number of carbonyl (C=O) groups is 1. The van der Waals surface area contributed by atoms with Gasteiger partial charge in [0.2, 0.25) is 9.70 Å². The van der Waals surface area contributed by atoms with Crippen molar-refractivity contribution >= 4 is 75.0 Å². The summed E-state index contributed by atoms with van der Waals surface area (Å²) in [5, 5.41) is 0.438. The van der Waals surface area contributed by atoms with Crippen LogP contribution < -0.4 is 9.64 Å². The molecular weight excluding hydrogens is 527 g/mol. The molecule has 180 valence electrons. The molecule has 6 nitrogen and oxygen atoms in total. The molecule has 1 atom stereocenters. The van der Waals surface area contributed by atoms with Gasteiger partial charge in [-0.25, -0.2) is 9.98 Å². The van der Waals surface area contributed by atoms with Crippen molar-refractivity contribution in [2.45, 2.75) is 16.9 Å². The van der Waals surface area contributed by atoms with Crippen LogP contribution in [0.25, 0.3) is 0 Å². The summed E-state index contributed by atoms with van der Waals surface area (Å²) in [5.41, 5.74) is 2.19. The molecule has 1 saturated heterocycles. The summed E-state index contributed by atoms with van der Waals surface area (Å²) in [6, 6.07) is 26.2. The van der Waals surface area contributed by atoms with Crippen molar-refractivity contribution in [1.82, 2.24) is 4.31 Å². The topological polar surface area (TPSA) is 57.5 Å². The Morgan fingerprint density at radius 3 is 2.09 bits per heavy atom. The smallest absolute Gasteiger partial charge is 0.231 e. The van der Waals surface area contributed by atoms with Crippen molar-refractivity contribution < 1.29 is 9.53 Å². The first kappa shape index (κ1) is 25.4. The second kappa shape index (κ2) is 10.9. The number of hydrogen-bond acceptors (Lipinski definition) is 4. The average molecular weight is 548 g/mol. The van der Waals surface area contributed by atoms with E-state index in [-0.39, 0.29) is 5.91 Å². The third-order valence-corrected chi connectivity index (χ3v) is 6.72. The molecule has 1 aliphatic heterocycles. The number of amidine groups is 2. The summed E-state index contributed by atoms with van der Waals surface area (Å²) in [4.78, 5) is 24.0. The number of ether oxygens (including phenoxy) is 1. The minimum absolute atomic E-state index is 0.275. The van der Waals surface area contributed by atoms with E-state index in [1.165, 1.54) is 11.2 Å². The van der Waals surface area contributed by atoms with Crippen molar-refractivity contribution in [2.24, 2.45) is 9.98 Å². The summed E-state index contributed by atoms with van der Waals surface area (Å²) in [7, 11) is 1.61. The molecule has 1 aliphatic rings. The van der Waals surface area contributed by atoms with Crippen molar-refractivity contribution in [3.05, 3.63) is 90.5 Å². The van der Waals surface area contributed by atoms with Crippen LogP contribution in [0.2, 0.25) is 0 Å². The zero-order valence-corrected chi connectivity index (χ0v) is 21.9. The molecular formula is C25H21Cl3N4O2S. The second-order valence-corrected chi connectivity index (χ2v) is 10.8. The van der Waals surface area contributed by atoms with Gasteiger partial charge >= 0.3 is 0 Å². The molecule has 1 fully saturated rings. The molecule has 0 spiro atoms. The maximum atomic E-state index is 12.5. The lowest BCUT2D eigenvalue weighted by Crippen LogP contribution is -2.49. The number of halogens is 3. The third-order valence-electron chi connectivity index (χ3n) is 5.03. The molecule has 1 unspecified atom stereocenters. The van der Waals surface area contributed by atoms with E-state index in [1.807, 2.05) is 84.9 Å². The Morgan fingerprint density at radius 2 is 1.54 bits per heavy atom. The predicted octanol–water partition coefficient (Wildman–Crippen LogP) is 6.84. The number of nitrogens with zero attached hydrogens (tertiary/aromatic N) is 4. The second-order valence-electron chi connectivity index (χ2n) is 7.45. The van der Waals surface area contributed by atoms with Crippen LogP contribution in [0.4, 0.5) is 11.4 Å². The highest BCUT2D eigenvalue weighted by atomic mass is 35.6. The van der Waals surface area contributed by atoms with E-state index in [0.717, 1.165) is 23.2 Å². The Morgan fingerprint density at radius 1 is 0.943 bits per heavy atom. The number of anilines is 1. The quantitative estimate of drug-likeness (QED) is 0.155. The lowest BCUT2D eigenvalue weighted by atomic mass is 10.2. The first-order chi connectivity index (χ1) is 16.8. The van der Waals surface area contributed by atoms with Crippen LogP contribution in [-0.4, -0.2) is 38.3 Å². The first-order valence-electron chi connectivity index (χ1n) is 10.5. The highest BCUT2D eigenvalue weighted by molar-refractivity contribution is 8.13. The van der Waals surface area contributed by atoms with Gasteiger partial charge in [0, 0.05) is 30.1 Å². The van der Waals surface area contributed by atoms with E-state index in [9.17, 15) is 4.79 Å². The van der Waals surface area contributed by atoms with E-state index >= 15 is 0 Å². The minimum Gasteiger partial charge on any atom is -0.497 e. The molecule has 0 bridgehead atoms. The maximum absolute atomic E-state index is 12.5. The Hall–Kier alpha value is -2.71. The first-order valence-corrected chi connectivity index (χ1v) is 12.4. The highest BCUT2D eigenvalue weighted by Crippen LogP contribution is 2.46. The summed E-state index contributed by atoms with van der Waals surface area (Å²) in [6.45, 7) is 1.42. The molecule has 0 N–H and O–H groups in total. The van der Waals surface area contributed by atoms with Gasteiger partial charge in [-0.3, -0.25) is 14.0 Å². The normalized spacial score (nSPS) is 17.7. The van der Waals surface area contributed by atoms with Gasteiger partial charge in [0.1, 0.15) is 5.75 Å². The number of methoxy groups -OCH3 is 1. The Bertz CT molecular complexity index is 1230. The fourth-order valence-electron chi connectivity index (χ4n) is 3.43. The fraction of sp³-hybridized carbons (Fsp3) is 0.160. The number of rotatable bonds is 4. The largest absolute Gasteiger partial charge is 0.497 e. The van der Waals surface area contributed by atoms with Gasteiger partial charge < -0.3 is 4.74 Å². The predicted molar refractivity (Wildman–Crippen MR) is 146 cm³/mol. The van der Waals surface area contributed by atoms with Crippen LogP contribution in [0, 0.1) is 0 Å². The number of carbonyl (C=O) groups excluding carboxylic acids is 1. The Balaban J connectivity index is 1.89. The maximum Gasteiger partial charge on any atom is 0.231 e. The summed E-state index contributed by atoms with van der Waals surface area (Å²) in [5.74, 6) is 0.861. The molecule has 1 heterocycles. The molecule has 0 saturated carbocycles. The summed E-state index contributed by atoms with van der Waals surface area (Å²) >= 11 is 20.3.